The van der Waals surface area contributed by atoms with Crippen molar-refractivity contribution in [3.05, 3.63) is 53.6 Å². The van der Waals surface area contributed by atoms with E-state index in [4.69, 9.17) is 0 Å². The predicted octanol–water partition coefficient (Wildman–Crippen LogP) is 2.64. The van der Waals surface area contributed by atoms with Crippen molar-refractivity contribution in [1.82, 2.24) is 14.9 Å². The van der Waals surface area contributed by atoms with Gasteiger partial charge in [-0.1, -0.05) is 30.3 Å². The van der Waals surface area contributed by atoms with E-state index in [1.807, 2.05) is 44.2 Å². The molecule has 0 aliphatic carbocycles. The van der Waals surface area contributed by atoms with Gasteiger partial charge in [0.2, 0.25) is 0 Å². The summed E-state index contributed by atoms with van der Waals surface area (Å²) in [7, 11) is 0. The predicted molar refractivity (Wildman–Crippen MR) is 78.1 cm³/mol. The number of aryl methyl sites for hydroxylation is 2. The second-order valence-corrected chi connectivity index (χ2v) is 4.57. The summed E-state index contributed by atoms with van der Waals surface area (Å²) in [4.78, 5) is 0. The second-order valence-electron chi connectivity index (χ2n) is 4.57. The van der Waals surface area contributed by atoms with Crippen LogP contribution in [0.3, 0.4) is 0 Å². The van der Waals surface area contributed by atoms with Gasteiger partial charge in [0.05, 0.1) is 6.21 Å². The molecule has 0 amide bonds. The first-order valence-electron chi connectivity index (χ1n) is 6.30. The minimum absolute atomic E-state index is 0.204. The number of phenolic OH excluding ortho intramolecular Hbond substituents is 1. The molecular weight excluding hydrogens is 252 g/mol. The van der Waals surface area contributed by atoms with Gasteiger partial charge in [0.25, 0.3) is 0 Å². The Hall–Kier alpha value is -2.69. The molecule has 0 aliphatic rings. The van der Waals surface area contributed by atoms with Gasteiger partial charge in [-0.2, -0.15) is 5.10 Å². The van der Waals surface area contributed by atoms with Crippen molar-refractivity contribution >= 4 is 17.0 Å². The number of fused-ring (bicyclic) bond motifs is 1. The van der Waals surface area contributed by atoms with Crippen LogP contribution in [-0.4, -0.2) is 26.2 Å². The Labute approximate surface area is 116 Å². The van der Waals surface area contributed by atoms with E-state index >= 15 is 0 Å². The molecule has 0 bridgehead atoms. The first kappa shape index (κ1) is 12.3. The maximum atomic E-state index is 10.0. The molecule has 2 aromatic carbocycles. The van der Waals surface area contributed by atoms with E-state index in [9.17, 15) is 5.11 Å². The van der Waals surface area contributed by atoms with Gasteiger partial charge in [0.15, 0.2) is 11.6 Å². The second kappa shape index (κ2) is 4.77. The molecule has 1 heterocycles. The fraction of sp³-hybridized carbons (Fsp3) is 0.133. The zero-order chi connectivity index (χ0) is 14.1. The minimum atomic E-state index is 0.204. The van der Waals surface area contributed by atoms with Crippen LogP contribution in [0.5, 0.6) is 5.75 Å². The maximum Gasteiger partial charge on any atom is 0.151 e. The molecule has 0 aliphatic heterocycles. The number of hydrogen-bond donors (Lipinski definition) is 1. The average Bonchev–Trinajstić information content (AvgIpc) is 2.77. The molecule has 1 aromatic heterocycles. The summed E-state index contributed by atoms with van der Waals surface area (Å²) in [5.74, 6) is 1.62. The summed E-state index contributed by atoms with van der Waals surface area (Å²) >= 11 is 0. The Kier molecular flexibility index (Phi) is 2.95. The Balaban J connectivity index is 2.13. The van der Waals surface area contributed by atoms with Crippen molar-refractivity contribution in [2.24, 2.45) is 5.10 Å². The maximum absolute atomic E-state index is 10.0. The van der Waals surface area contributed by atoms with Gasteiger partial charge >= 0.3 is 0 Å². The number of hydrogen-bond acceptors (Lipinski definition) is 4. The van der Waals surface area contributed by atoms with Crippen LogP contribution in [0.4, 0.5) is 0 Å². The Morgan fingerprint density at radius 2 is 1.75 bits per heavy atom. The van der Waals surface area contributed by atoms with Crippen molar-refractivity contribution in [2.75, 3.05) is 0 Å². The van der Waals surface area contributed by atoms with E-state index in [2.05, 4.69) is 15.3 Å². The topological polar surface area (TPSA) is 63.3 Å². The highest BCUT2D eigenvalue weighted by molar-refractivity contribution is 6.02. The van der Waals surface area contributed by atoms with Gasteiger partial charge in [0.1, 0.15) is 5.75 Å². The fourth-order valence-electron chi connectivity index (χ4n) is 2.17. The largest absolute Gasteiger partial charge is 0.507 e. The van der Waals surface area contributed by atoms with Gasteiger partial charge in [-0.25, -0.2) is 4.68 Å². The molecule has 0 saturated heterocycles. The van der Waals surface area contributed by atoms with Crippen molar-refractivity contribution in [3.8, 4) is 5.75 Å². The first-order valence-corrected chi connectivity index (χ1v) is 6.30. The van der Waals surface area contributed by atoms with Crippen LogP contribution < -0.4 is 0 Å². The quantitative estimate of drug-likeness (QED) is 0.725. The Bertz CT molecular complexity index is 785. The third-order valence-corrected chi connectivity index (χ3v) is 3.20. The number of benzene rings is 2. The van der Waals surface area contributed by atoms with Gasteiger partial charge in [-0.15, -0.1) is 10.2 Å². The summed E-state index contributed by atoms with van der Waals surface area (Å²) in [5.41, 5.74) is 0.690. The highest BCUT2D eigenvalue weighted by Gasteiger charge is 2.06. The summed E-state index contributed by atoms with van der Waals surface area (Å²) in [6.45, 7) is 3.67. The summed E-state index contributed by atoms with van der Waals surface area (Å²) < 4.78 is 1.64. The normalized spacial score (nSPS) is 11.5. The third-order valence-electron chi connectivity index (χ3n) is 3.20. The highest BCUT2D eigenvalue weighted by atomic mass is 16.3. The zero-order valence-electron chi connectivity index (χ0n) is 11.3. The highest BCUT2D eigenvalue weighted by Crippen LogP contribution is 2.25. The van der Waals surface area contributed by atoms with Gasteiger partial charge < -0.3 is 5.11 Å². The lowest BCUT2D eigenvalue weighted by atomic mass is 10.0. The summed E-state index contributed by atoms with van der Waals surface area (Å²) in [5, 5.41) is 24.3. The lowest BCUT2D eigenvalue weighted by Gasteiger charge is -2.05. The molecule has 0 unspecified atom stereocenters. The van der Waals surface area contributed by atoms with Crippen LogP contribution >= 0.6 is 0 Å². The number of nitrogens with zero attached hydrogens (tertiary/aromatic N) is 4. The van der Waals surface area contributed by atoms with Crippen molar-refractivity contribution < 1.29 is 5.11 Å². The van der Waals surface area contributed by atoms with E-state index in [0.29, 0.717) is 17.2 Å². The number of aromatic hydroxyl groups is 1. The molecule has 3 rings (SSSR count). The van der Waals surface area contributed by atoms with Gasteiger partial charge in [0, 0.05) is 5.56 Å². The molecule has 0 atom stereocenters. The molecule has 5 heteroatoms. The van der Waals surface area contributed by atoms with Crippen LogP contribution in [0.15, 0.2) is 41.5 Å². The van der Waals surface area contributed by atoms with Crippen LogP contribution in [0.25, 0.3) is 10.8 Å². The molecule has 5 nitrogen and oxygen atoms in total. The minimum Gasteiger partial charge on any atom is -0.507 e. The van der Waals surface area contributed by atoms with Gasteiger partial charge in [-0.3, -0.25) is 0 Å². The van der Waals surface area contributed by atoms with E-state index in [0.717, 1.165) is 10.8 Å². The first-order chi connectivity index (χ1) is 9.66. The van der Waals surface area contributed by atoms with Crippen molar-refractivity contribution in [3.63, 3.8) is 0 Å². The molecule has 1 N–H and O–H groups in total. The van der Waals surface area contributed by atoms with E-state index < -0.39 is 0 Å². The van der Waals surface area contributed by atoms with Crippen LogP contribution in [0.1, 0.15) is 17.2 Å². The summed E-state index contributed by atoms with van der Waals surface area (Å²) in [6.07, 6.45) is 1.64. The van der Waals surface area contributed by atoms with Crippen LogP contribution in [0.2, 0.25) is 0 Å². The monoisotopic (exact) mass is 266 g/mol. The van der Waals surface area contributed by atoms with E-state index in [1.165, 1.54) is 0 Å². The molecule has 0 saturated carbocycles. The number of aromatic nitrogens is 3. The van der Waals surface area contributed by atoms with Crippen LogP contribution in [-0.2, 0) is 0 Å². The average molecular weight is 266 g/mol. The fourth-order valence-corrected chi connectivity index (χ4v) is 2.17. The lowest BCUT2D eigenvalue weighted by molar-refractivity contribution is 0.475. The Morgan fingerprint density at radius 1 is 1.05 bits per heavy atom. The van der Waals surface area contributed by atoms with Crippen molar-refractivity contribution in [2.45, 2.75) is 13.8 Å². The smallest absolute Gasteiger partial charge is 0.151 e. The standard InChI is InChI=1S/C15H14N4O/c1-10-17-18-11(2)19(10)16-9-14-13-6-4-3-5-12(13)7-8-15(14)20/h3-9,20H,1-2H3/b16-9+. The molecule has 3 aromatic rings. The SMILES string of the molecule is Cc1nnc(C)n1/N=C/c1c(O)ccc2ccccc12. The van der Waals surface area contributed by atoms with E-state index in [1.54, 1.807) is 17.0 Å². The molecule has 100 valence electrons. The molecule has 0 fully saturated rings. The molecule has 0 spiro atoms. The zero-order valence-corrected chi connectivity index (χ0v) is 11.3. The van der Waals surface area contributed by atoms with Crippen molar-refractivity contribution in [1.29, 1.82) is 0 Å². The Morgan fingerprint density at radius 3 is 2.50 bits per heavy atom. The lowest BCUT2D eigenvalue weighted by Crippen LogP contribution is -1.97. The third kappa shape index (κ3) is 2.03. The van der Waals surface area contributed by atoms with Gasteiger partial charge in [-0.05, 0) is 30.7 Å². The van der Waals surface area contributed by atoms with Crippen LogP contribution in [0, 0.1) is 13.8 Å². The van der Waals surface area contributed by atoms with E-state index in [-0.39, 0.29) is 5.75 Å². The molecule has 20 heavy (non-hydrogen) atoms. The molecule has 0 radical (unpaired) electrons. The number of phenols is 1. The summed E-state index contributed by atoms with van der Waals surface area (Å²) in [6, 6.07) is 11.4. The number of rotatable bonds is 2. The molecular formula is C15H14N4O.